The average Bonchev–Trinajstić information content (AvgIpc) is 2.38. The molecule has 1 N–H and O–H groups in total. The van der Waals surface area contributed by atoms with Gasteiger partial charge in [0.2, 0.25) is 0 Å². The second-order valence-corrected chi connectivity index (χ2v) is 5.84. The standard InChI is InChI=1S/C15H19BrN2O/c1-9(2)7-10-8-12(17-3)14-13(19-4)6-5-11(16)15(14)18-10/h5-6,8-9H,7H2,1-4H3,(H,17,18). The molecule has 0 unspecified atom stereocenters. The van der Waals surface area contributed by atoms with Crippen LogP contribution < -0.4 is 10.1 Å². The monoisotopic (exact) mass is 322 g/mol. The van der Waals surface area contributed by atoms with Crippen molar-refractivity contribution in [2.75, 3.05) is 19.5 Å². The highest BCUT2D eigenvalue weighted by Crippen LogP contribution is 2.36. The minimum Gasteiger partial charge on any atom is -0.496 e. The largest absolute Gasteiger partial charge is 0.496 e. The highest BCUT2D eigenvalue weighted by Gasteiger charge is 2.13. The Balaban J connectivity index is 2.72. The number of pyridine rings is 1. The van der Waals surface area contributed by atoms with E-state index < -0.39 is 0 Å². The number of hydrogen-bond acceptors (Lipinski definition) is 3. The zero-order chi connectivity index (χ0) is 14.0. The number of hydrogen-bond donors (Lipinski definition) is 1. The minimum absolute atomic E-state index is 0.582. The van der Waals surface area contributed by atoms with Crippen LogP contribution in [0.15, 0.2) is 22.7 Å². The fourth-order valence-electron chi connectivity index (χ4n) is 2.22. The van der Waals surface area contributed by atoms with E-state index in [1.165, 1.54) is 0 Å². The predicted octanol–water partition coefficient (Wildman–Crippen LogP) is 4.25. The summed E-state index contributed by atoms with van der Waals surface area (Å²) in [6.07, 6.45) is 0.967. The number of benzene rings is 1. The molecule has 2 rings (SSSR count). The Kier molecular flexibility index (Phi) is 4.30. The molecule has 1 aromatic heterocycles. The number of nitrogens with one attached hydrogen (secondary N) is 1. The lowest BCUT2D eigenvalue weighted by Gasteiger charge is -2.14. The summed E-state index contributed by atoms with van der Waals surface area (Å²) in [5, 5.41) is 4.26. The molecule has 0 aliphatic rings. The molecule has 0 radical (unpaired) electrons. The first-order valence-electron chi connectivity index (χ1n) is 6.40. The Hall–Kier alpha value is -1.29. The first-order chi connectivity index (χ1) is 9.06. The van der Waals surface area contributed by atoms with E-state index >= 15 is 0 Å². The molecule has 0 amide bonds. The van der Waals surface area contributed by atoms with Crippen molar-refractivity contribution in [3.8, 4) is 5.75 Å². The smallest absolute Gasteiger partial charge is 0.130 e. The average molecular weight is 323 g/mol. The number of anilines is 1. The zero-order valence-electron chi connectivity index (χ0n) is 11.7. The maximum Gasteiger partial charge on any atom is 0.130 e. The van der Waals surface area contributed by atoms with Gasteiger partial charge >= 0.3 is 0 Å². The van der Waals surface area contributed by atoms with Crippen LogP contribution >= 0.6 is 15.9 Å². The van der Waals surface area contributed by atoms with Crippen LogP contribution in [0.2, 0.25) is 0 Å². The summed E-state index contributed by atoms with van der Waals surface area (Å²) in [6.45, 7) is 4.40. The molecule has 0 bridgehead atoms. The Morgan fingerprint density at radius 3 is 2.68 bits per heavy atom. The molecule has 0 aliphatic carbocycles. The van der Waals surface area contributed by atoms with Crippen molar-refractivity contribution in [1.29, 1.82) is 0 Å². The van der Waals surface area contributed by atoms with Gasteiger partial charge in [-0.2, -0.15) is 0 Å². The molecule has 2 aromatic rings. The summed E-state index contributed by atoms with van der Waals surface area (Å²) >= 11 is 3.58. The molecule has 0 fully saturated rings. The lowest BCUT2D eigenvalue weighted by atomic mass is 10.0. The second-order valence-electron chi connectivity index (χ2n) is 4.98. The number of fused-ring (bicyclic) bond motifs is 1. The first-order valence-corrected chi connectivity index (χ1v) is 7.20. The van der Waals surface area contributed by atoms with Gasteiger partial charge in [0.25, 0.3) is 0 Å². The second kappa shape index (κ2) is 5.78. The molecule has 0 spiro atoms. The van der Waals surface area contributed by atoms with E-state index in [-0.39, 0.29) is 0 Å². The van der Waals surface area contributed by atoms with Crippen LogP contribution in [0.25, 0.3) is 10.9 Å². The summed E-state index contributed by atoms with van der Waals surface area (Å²) in [7, 11) is 3.61. The lowest BCUT2D eigenvalue weighted by Crippen LogP contribution is -2.02. The zero-order valence-corrected chi connectivity index (χ0v) is 13.3. The van der Waals surface area contributed by atoms with Gasteiger partial charge in [-0.05, 0) is 46.5 Å². The maximum absolute atomic E-state index is 5.45. The van der Waals surface area contributed by atoms with E-state index in [0.29, 0.717) is 5.92 Å². The van der Waals surface area contributed by atoms with Crippen LogP contribution in [0.1, 0.15) is 19.5 Å². The Labute approximate surface area is 122 Å². The number of rotatable bonds is 4. The van der Waals surface area contributed by atoms with Gasteiger partial charge in [-0.15, -0.1) is 0 Å². The van der Waals surface area contributed by atoms with Gasteiger partial charge in [-0.1, -0.05) is 13.8 Å². The third-order valence-electron chi connectivity index (χ3n) is 3.03. The van der Waals surface area contributed by atoms with Crippen LogP contribution in [0.5, 0.6) is 5.75 Å². The highest BCUT2D eigenvalue weighted by atomic mass is 79.9. The van der Waals surface area contributed by atoms with Gasteiger partial charge in [-0.25, -0.2) is 0 Å². The van der Waals surface area contributed by atoms with Gasteiger partial charge in [0.05, 0.1) is 18.0 Å². The fourth-order valence-corrected chi connectivity index (χ4v) is 2.64. The first kappa shape index (κ1) is 14.1. The molecule has 102 valence electrons. The summed E-state index contributed by atoms with van der Waals surface area (Å²) in [5.41, 5.74) is 3.10. The van der Waals surface area contributed by atoms with E-state index in [4.69, 9.17) is 9.72 Å². The summed E-state index contributed by atoms with van der Waals surface area (Å²) in [4.78, 5) is 4.77. The number of halogens is 1. The van der Waals surface area contributed by atoms with Crippen LogP contribution in [-0.4, -0.2) is 19.1 Å². The van der Waals surface area contributed by atoms with Crippen LogP contribution in [-0.2, 0) is 6.42 Å². The van der Waals surface area contributed by atoms with Crippen molar-refractivity contribution in [3.05, 3.63) is 28.4 Å². The van der Waals surface area contributed by atoms with E-state index in [1.54, 1.807) is 7.11 Å². The molecule has 3 nitrogen and oxygen atoms in total. The summed E-state index contributed by atoms with van der Waals surface area (Å²) < 4.78 is 6.44. The molecule has 0 saturated carbocycles. The molecule has 1 aromatic carbocycles. The maximum atomic E-state index is 5.45. The normalized spacial score (nSPS) is 11.1. The van der Waals surface area contributed by atoms with Crippen molar-refractivity contribution < 1.29 is 4.74 Å². The van der Waals surface area contributed by atoms with E-state index in [2.05, 4.69) is 41.2 Å². The topological polar surface area (TPSA) is 34.2 Å². The molecule has 19 heavy (non-hydrogen) atoms. The minimum atomic E-state index is 0.582. The van der Waals surface area contributed by atoms with Crippen LogP contribution in [0, 0.1) is 5.92 Å². The van der Waals surface area contributed by atoms with Crippen LogP contribution in [0.3, 0.4) is 0 Å². The van der Waals surface area contributed by atoms with Gasteiger partial charge in [0.15, 0.2) is 0 Å². The summed E-state index contributed by atoms with van der Waals surface area (Å²) in [5.74, 6) is 1.42. The Morgan fingerprint density at radius 1 is 1.37 bits per heavy atom. The van der Waals surface area contributed by atoms with Crippen molar-refractivity contribution in [2.24, 2.45) is 5.92 Å². The van der Waals surface area contributed by atoms with Gasteiger partial charge in [0, 0.05) is 22.9 Å². The van der Waals surface area contributed by atoms with Crippen molar-refractivity contribution >= 4 is 32.5 Å². The number of methoxy groups -OCH3 is 1. The number of nitrogens with zero attached hydrogens (tertiary/aromatic N) is 1. The van der Waals surface area contributed by atoms with E-state index in [1.807, 2.05) is 19.2 Å². The summed E-state index contributed by atoms with van der Waals surface area (Å²) in [6, 6.07) is 6.04. The predicted molar refractivity (Wildman–Crippen MR) is 84.1 cm³/mol. The Bertz CT molecular complexity index is 596. The Morgan fingerprint density at radius 2 is 2.11 bits per heavy atom. The molecule has 0 saturated heterocycles. The highest BCUT2D eigenvalue weighted by molar-refractivity contribution is 9.10. The SMILES string of the molecule is CNc1cc(CC(C)C)nc2c(Br)ccc(OC)c12. The third-order valence-corrected chi connectivity index (χ3v) is 3.67. The molecule has 4 heteroatoms. The van der Waals surface area contributed by atoms with Crippen molar-refractivity contribution in [2.45, 2.75) is 20.3 Å². The van der Waals surface area contributed by atoms with E-state index in [0.717, 1.165) is 38.9 Å². The third kappa shape index (κ3) is 2.84. The molecule has 0 aliphatic heterocycles. The quantitative estimate of drug-likeness (QED) is 0.913. The molecular weight excluding hydrogens is 304 g/mol. The van der Waals surface area contributed by atoms with Gasteiger partial charge < -0.3 is 10.1 Å². The number of ether oxygens (including phenoxy) is 1. The van der Waals surface area contributed by atoms with Crippen molar-refractivity contribution in [1.82, 2.24) is 4.98 Å². The molecular formula is C15H19BrN2O. The number of aromatic nitrogens is 1. The molecule has 0 atom stereocenters. The van der Waals surface area contributed by atoms with Crippen LogP contribution in [0.4, 0.5) is 5.69 Å². The molecule has 1 heterocycles. The van der Waals surface area contributed by atoms with E-state index in [9.17, 15) is 0 Å². The lowest BCUT2D eigenvalue weighted by molar-refractivity contribution is 0.420. The van der Waals surface area contributed by atoms with Gasteiger partial charge in [0.1, 0.15) is 5.75 Å². The van der Waals surface area contributed by atoms with Crippen molar-refractivity contribution in [3.63, 3.8) is 0 Å². The fraction of sp³-hybridized carbons (Fsp3) is 0.400. The van der Waals surface area contributed by atoms with Gasteiger partial charge in [-0.3, -0.25) is 4.98 Å².